The number of rotatable bonds is 4. The van der Waals surface area contributed by atoms with E-state index in [0.29, 0.717) is 28.0 Å². The molecule has 2 aromatic heterocycles. The molecule has 0 spiro atoms. The molecule has 7 nitrogen and oxygen atoms in total. The molecule has 3 rings (SSSR count). The monoisotopic (exact) mass is 312 g/mol. The number of hydrogen-bond acceptors (Lipinski definition) is 5. The average molecular weight is 312 g/mol. The molecule has 2 heterocycles. The lowest BCUT2D eigenvalue weighted by molar-refractivity contribution is -0.116. The Hall–Kier alpha value is -2.96. The Morgan fingerprint density at radius 2 is 2.09 bits per heavy atom. The Morgan fingerprint density at radius 3 is 2.83 bits per heavy atom. The summed E-state index contributed by atoms with van der Waals surface area (Å²) < 4.78 is 6.44. The molecule has 0 saturated carbocycles. The number of fused-ring (bicyclic) bond motifs is 1. The number of anilines is 1. The van der Waals surface area contributed by atoms with Gasteiger partial charge in [0.05, 0.1) is 17.2 Å². The summed E-state index contributed by atoms with van der Waals surface area (Å²) in [7, 11) is 0. The van der Waals surface area contributed by atoms with Gasteiger partial charge >= 0.3 is 0 Å². The van der Waals surface area contributed by atoms with Gasteiger partial charge in [0.25, 0.3) is 5.56 Å². The third-order valence-corrected chi connectivity index (χ3v) is 3.61. The lowest BCUT2D eigenvalue weighted by atomic mass is 10.2. The van der Waals surface area contributed by atoms with Gasteiger partial charge in [-0.3, -0.25) is 14.2 Å². The van der Waals surface area contributed by atoms with Crippen molar-refractivity contribution in [1.82, 2.24) is 14.7 Å². The molecule has 118 valence electrons. The predicted octanol–water partition coefficient (Wildman–Crippen LogP) is 2.03. The van der Waals surface area contributed by atoms with Crippen LogP contribution < -0.4 is 10.9 Å². The predicted molar refractivity (Wildman–Crippen MR) is 85.2 cm³/mol. The van der Waals surface area contributed by atoms with Gasteiger partial charge in [0.2, 0.25) is 5.91 Å². The second-order valence-electron chi connectivity index (χ2n) is 5.26. The number of hydrogen-bond donors (Lipinski definition) is 1. The fourth-order valence-corrected chi connectivity index (χ4v) is 2.35. The summed E-state index contributed by atoms with van der Waals surface area (Å²) in [5, 5.41) is 7.08. The van der Waals surface area contributed by atoms with E-state index in [2.05, 4.69) is 15.5 Å². The summed E-state index contributed by atoms with van der Waals surface area (Å²) in [5.74, 6) is 0.347. The van der Waals surface area contributed by atoms with E-state index in [1.807, 2.05) is 6.07 Å². The molecule has 0 saturated heterocycles. The molecule has 1 amide bonds. The topological polar surface area (TPSA) is 90.0 Å². The van der Waals surface area contributed by atoms with E-state index in [4.69, 9.17) is 4.52 Å². The van der Waals surface area contributed by atoms with Crippen molar-refractivity contribution in [3.8, 4) is 0 Å². The highest BCUT2D eigenvalue weighted by molar-refractivity contribution is 5.91. The molecule has 0 atom stereocenters. The molecule has 0 aliphatic heterocycles. The summed E-state index contributed by atoms with van der Waals surface area (Å²) >= 11 is 0. The van der Waals surface area contributed by atoms with Gasteiger partial charge in [0, 0.05) is 13.0 Å². The first-order valence-electron chi connectivity index (χ1n) is 7.23. The Bertz CT molecular complexity index is 907. The van der Waals surface area contributed by atoms with E-state index in [1.54, 1.807) is 32.0 Å². The average Bonchev–Trinajstić information content (AvgIpc) is 2.86. The van der Waals surface area contributed by atoms with Crippen molar-refractivity contribution in [2.45, 2.75) is 26.8 Å². The van der Waals surface area contributed by atoms with E-state index in [0.717, 1.165) is 0 Å². The van der Waals surface area contributed by atoms with E-state index >= 15 is 0 Å². The number of para-hydroxylation sites is 1. The van der Waals surface area contributed by atoms with Crippen LogP contribution in [-0.2, 0) is 11.3 Å². The van der Waals surface area contributed by atoms with E-state index in [1.165, 1.54) is 10.9 Å². The SMILES string of the molecule is Cc1noc(C)c1NC(=O)CCn1cnc2ccccc2c1=O. The fraction of sp³-hybridized carbons (Fsp3) is 0.250. The number of benzene rings is 1. The first-order valence-corrected chi connectivity index (χ1v) is 7.23. The van der Waals surface area contributed by atoms with Gasteiger partial charge < -0.3 is 9.84 Å². The van der Waals surface area contributed by atoms with E-state index < -0.39 is 0 Å². The smallest absolute Gasteiger partial charge is 0.261 e. The molecule has 0 aliphatic carbocycles. The van der Waals surface area contributed by atoms with E-state index in [9.17, 15) is 9.59 Å². The molecule has 7 heteroatoms. The molecule has 0 unspecified atom stereocenters. The van der Waals surface area contributed by atoms with Crippen molar-refractivity contribution in [3.05, 3.63) is 52.4 Å². The summed E-state index contributed by atoms with van der Waals surface area (Å²) in [6.45, 7) is 3.74. The number of nitrogens with one attached hydrogen (secondary N) is 1. The molecule has 23 heavy (non-hydrogen) atoms. The fourth-order valence-electron chi connectivity index (χ4n) is 2.35. The Kier molecular flexibility index (Phi) is 3.92. The van der Waals surface area contributed by atoms with Crippen LogP contribution in [0, 0.1) is 13.8 Å². The lowest BCUT2D eigenvalue weighted by Crippen LogP contribution is -2.23. The molecule has 0 fully saturated rings. The first kappa shape index (κ1) is 15.0. The maximum atomic E-state index is 12.3. The number of aryl methyl sites for hydroxylation is 3. The van der Waals surface area contributed by atoms with Gasteiger partial charge in [0.15, 0.2) is 5.76 Å². The van der Waals surface area contributed by atoms with Crippen molar-refractivity contribution in [3.63, 3.8) is 0 Å². The standard InChI is InChI=1S/C16H16N4O3/c1-10-15(11(2)23-19-10)18-14(21)7-8-20-9-17-13-6-4-3-5-12(13)16(20)22/h3-6,9H,7-8H2,1-2H3,(H,18,21). The molecule has 0 radical (unpaired) electrons. The van der Waals surface area contributed by atoms with Crippen LogP contribution in [0.3, 0.4) is 0 Å². The van der Waals surface area contributed by atoms with Crippen LogP contribution in [0.25, 0.3) is 10.9 Å². The minimum absolute atomic E-state index is 0.152. The zero-order valence-corrected chi connectivity index (χ0v) is 12.9. The van der Waals surface area contributed by atoms with Crippen LogP contribution >= 0.6 is 0 Å². The Morgan fingerprint density at radius 1 is 1.30 bits per heavy atom. The first-order chi connectivity index (χ1) is 11.1. The maximum absolute atomic E-state index is 12.3. The summed E-state index contributed by atoms with van der Waals surface area (Å²) in [5.41, 5.74) is 1.70. The molecule has 1 N–H and O–H groups in total. The maximum Gasteiger partial charge on any atom is 0.261 e. The largest absolute Gasteiger partial charge is 0.359 e. The van der Waals surface area contributed by atoms with Crippen LogP contribution in [0.2, 0.25) is 0 Å². The number of nitrogens with zero attached hydrogens (tertiary/aromatic N) is 3. The van der Waals surface area contributed by atoms with Gasteiger partial charge in [-0.15, -0.1) is 0 Å². The minimum Gasteiger partial charge on any atom is -0.359 e. The molecule has 0 aliphatic rings. The number of carbonyl (C=O) groups excluding carboxylic acids is 1. The number of amides is 1. The minimum atomic E-state index is -0.209. The molecule has 0 bridgehead atoms. The van der Waals surface area contributed by atoms with Crippen molar-refractivity contribution >= 4 is 22.5 Å². The van der Waals surface area contributed by atoms with E-state index in [-0.39, 0.29) is 24.4 Å². The van der Waals surface area contributed by atoms with Gasteiger partial charge in [0.1, 0.15) is 11.4 Å². The molecular weight excluding hydrogens is 296 g/mol. The van der Waals surface area contributed by atoms with Crippen LogP contribution in [-0.4, -0.2) is 20.6 Å². The van der Waals surface area contributed by atoms with Crippen LogP contribution in [0.1, 0.15) is 17.9 Å². The van der Waals surface area contributed by atoms with Gasteiger partial charge in [-0.05, 0) is 26.0 Å². The number of carbonyl (C=O) groups is 1. The lowest BCUT2D eigenvalue weighted by Gasteiger charge is -2.07. The second-order valence-corrected chi connectivity index (χ2v) is 5.26. The molecular formula is C16H16N4O3. The summed E-state index contributed by atoms with van der Waals surface area (Å²) in [6.07, 6.45) is 1.62. The number of aromatic nitrogens is 3. The third-order valence-electron chi connectivity index (χ3n) is 3.61. The Balaban J connectivity index is 1.72. The molecule has 3 aromatic rings. The highest BCUT2D eigenvalue weighted by atomic mass is 16.5. The molecule has 1 aromatic carbocycles. The van der Waals surface area contributed by atoms with Gasteiger partial charge in [-0.1, -0.05) is 17.3 Å². The van der Waals surface area contributed by atoms with Crippen molar-refractivity contribution in [1.29, 1.82) is 0 Å². The van der Waals surface area contributed by atoms with Crippen LogP contribution in [0.15, 0.2) is 39.9 Å². The Labute approximate surface area is 131 Å². The third kappa shape index (κ3) is 2.98. The van der Waals surface area contributed by atoms with Crippen molar-refractivity contribution in [2.75, 3.05) is 5.32 Å². The van der Waals surface area contributed by atoms with Crippen molar-refractivity contribution in [2.24, 2.45) is 0 Å². The summed E-state index contributed by atoms with van der Waals surface area (Å²) in [6, 6.07) is 7.13. The van der Waals surface area contributed by atoms with Gasteiger partial charge in [-0.2, -0.15) is 0 Å². The zero-order chi connectivity index (χ0) is 16.4. The highest BCUT2D eigenvalue weighted by Crippen LogP contribution is 2.18. The van der Waals surface area contributed by atoms with Crippen LogP contribution in [0.5, 0.6) is 0 Å². The van der Waals surface area contributed by atoms with Crippen LogP contribution in [0.4, 0.5) is 5.69 Å². The highest BCUT2D eigenvalue weighted by Gasteiger charge is 2.12. The quantitative estimate of drug-likeness (QED) is 0.796. The normalized spacial score (nSPS) is 10.9. The zero-order valence-electron chi connectivity index (χ0n) is 12.9. The second kappa shape index (κ2) is 6.04. The van der Waals surface area contributed by atoms with Gasteiger partial charge in [-0.25, -0.2) is 4.98 Å². The van der Waals surface area contributed by atoms with Crippen molar-refractivity contribution < 1.29 is 9.32 Å². The summed E-state index contributed by atoms with van der Waals surface area (Å²) in [4.78, 5) is 28.6.